The molecule has 0 radical (unpaired) electrons. The molecule has 1 aromatic rings. The molecule has 2 aliphatic rings. The predicted molar refractivity (Wildman–Crippen MR) is 87.3 cm³/mol. The molecule has 1 aromatic heterocycles. The number of amides is 2. The Bertz CT molecular complexity index is 687. The third kappa shape index (κ3) is 3.82. The summed E-state index contributed by atoms with van der Waals surface area (Å²) in [7, 11) is 1.78. The third-order valence-electron chi connectivity index (χ3n) is 5.08. The highest BCUT2D eigenvalue weighted by Gasteiger charge is 2.37. The Kier molecular flexibility index (Phi) is 5.17. The van der Waals surface area contributed by atoms with Crippen LogP contribution in [0.5, 0.6) is 0 Å². The number of alkyl halides is 3. The zero-order chi connectivity index (χ0) is 18.9. The van der Waals surface area contributed by atoms with Gasteiger partial charge in [0.2, 0.25) is 5.91 Å². The predicted octanol–water partition coefficient (Wildman–Crippen LogP) is 1.53. The number of pyridine rings is 1. The van der Waals surface area contributed by atoms with E-state index in [0.29, 0.717) is 32.1 Å². The Hall–Kier alpha value is -2.16. The van der Waals surface area contributed by atoms with E-state index in [-0.39, 0.29) is 18.0 Å². The molecule has 26 heavy (non-hydrogen) atoms. The van der Waals surface area contributed by atoms with Gasteiger partial charge in [-0.2, -0.15) is 13.2 Å². The highest BCUT2D eigenvalue weighted by Crippen LogP contribution is 2.31. The summed E-state index contributed by atoms with van der Waals surface area (Å²) in [6, 6.07) is 0.760. The molecule has 1 atom stereocenters. The highest BCUT2D eigenvalue weighted by atomic mass is 19.4. The van der Waals surface area contributed by atoms with Crippen LogP contribution in [0.4, 0.5) is 13.2 Å². The molecule has 3 heterocycles. The lowest BCUT2D eigenvalue weighted by molar-refractivity contribution is -0.138. The van der Waals surface area contributed by atoms with E-state index in [9.17, 15) is 22.8 Å². The van der Waals surface area contributed by atoms with Crippen molar-refractivity contribution in [3.63, 3.8) is 0 Å². The van der Waals surface area contributed by atoms with Gasteiger partial charge in [0, 0.05) is 45.1 Å². The minimum absolute atomic E-state index is 0.110. The van der Waals surface area contributed by atoms with E-state index in [4.69, 9.17) is 0 Å². The second-order valence-electron chi connectivity index (χ2n) is 6.77. The largest absolute Gasteiger partial charge is 0.418 e. The van der Waals surface area contributed by atoms with Crippen LogP contribution in [-0.2, 0) is 11.0 Å². The van der Waals surface area contributed by atoms with E-state index in [1.54, 1.807) is 11.9 Å². The summed E-state index contributed by atoms with van der Waals surface area (Å²) in [4.78, 5) is 31.7. The molecule has 3 rings (SSSR count). The summed E-state index contributed by atoms with van der Waals surface area (Å²) in [5, 5.41) is 2.69. The summed E-state index contributed by atoms with van der Waals surface area (Å²) in [6.45, 7) is 2.01. The molecule has 1 N–H and O–H groups in total. The second-order valence-corrected chi connectivity index (χ2v) is 6.77. The molecule has 0 unspecified atom stereocenters. The number of aromatic nitrogens is 1. The first-order valence-corrected chi connectivity index (χ1v) is 8.58. The summed E-state index contributed by atoms with van der Waals surface area (Å²) in [5.41, 5.74) is -1.45. The van der Waals surface area contributed by atoms with Crippen molar-refractivity contribution in [1.29, 1.82) is 0 Å². The fourth-order valence-corrected chi connectivity index (χ4v) is 3.58. The average Bonchev–Trinajstić information content (AvgIpc) is 2.94. The number of likely N-dealkylation sites (tertiary alicyclic amines) is 2. The van der Waals surface area contributed by atoms with E-state index in [2.05, 4.69) is 15.2 Å². The van der Waals surface area contributed by atoms with Gasteiger partial charge in [-0.3, -0.25) is 19.5 Å². The van der Waals surface area contributed by atoms with E-state index < -0.39 is 23.2 Å². The van der Waals surface area contributed by atoms with Crippen LogP contribution in [0.25, 0.3) is 0 Å². The lowest BCUT2D eigenvalue weighted by Gasteiger charge is -2.35. The zero-order valence-corrected chi connectivity index (χ0v) is 14.4. The van der Waals surface area contributed by atoms with E-state index in [1.165, 1.54) is 6.20 Å². The standard InChI is InChI=1S/C17H21F3N4O2/c1-23-7-5-14(16(23)26)24-8-3-11(4-9-24)22-15(25)12-2-6-21-10-13(12)17(18,19)20/h2,6,10-11,14H,3-5,7-9H2,1H3,(H,22,25)/t14-/m1/s1. The monoisotopic (exact) mass is 370 g/mol. The lowest BCUT2D eigenvalue weighted by atomic mass is 10.0. The molecule has 2 amide bonds. The average molecular weight is 370 g/mol. The molecular formula is C17H21F3N4O2. The van der Waals surface area contributed by atoms with Crippen molar-refractivity contribution in [1.82, 2.24) is 20.1 Å². The van der Waals surface area contributed by atoms with Crippen LogP contribution >= 0.6 is 0 Å². The van der Waals surface area contributed by atoms with Gasteiger partial charge in [0.15, 0.2) is 0 Å². The van der Waals surface area contributed by atoms with Gasteiger partial charge in [0.25, 0.3) is 5.91 Å². The molecule has 2 fully saturated rings. The maximum absolute atomic E-state index is 13.0. The Morgan fingerprint density at radius 2 is 1.92 bits per heavy atom. The lowest BCUT2D eigenvalue weighted by Crippen LogP contribution is -2.50. The number of carbonyl (C=O) groups excluding carboxylic acids is 2. The molecule has 0 bridgehead atoms. The number of halogens is 3. The number of carbonyl (C=O) groups is 2. The van der Waals surface area contributed by atoms with Crippen LogP contribution in [0.1, 0.15) is 35.2 Å². The molecule has 0 aliphatic carbocycles. The SMILES string of the molecule is CN1CC[C@@H](N2CCC(NC(=O)c3ccncc3C(F)(F)F)CC2)C1=O. The maximum atomic E-state index is 13.0. The topological polar surface area (TPSA) is 65.5 Å². The van der Waals surface area contributed by atoms with Gasteiger partial charge in [-0.15, -0.1) is 0 Å². The van der Waals surface area contributed by atoms with Crippen LogP contribution in [0.3, 0.4) is 0 Å². The van der Waals surface area contributed by atoms with Gasteiger partial charge >= 0.3 is 6.18 Å². The Labute approximate surface area is 149 Å². The van der Waals surface area contributed by atoms with Crippen molar-refractivity contribution >= 4 is 11.8 Å². The fraction of sp³-hybridized carbons (Fsp3) is 0.588. The Morgan fingerprint density at radius 1 is 1.23 bits per heavy atom. The first-order valence-electron chi connectivity index (χ1n) is 8.58. The number of likely N-dealkylation sites (N-methyl/N-ethyl adjacent to an activating group) is 1. The van der Waals surface area contributed by atoms with E-state index in [1.807, 2.05) is 0 Å². The van der Waals surface area contributed by atoms with Gasteiger partial charge in [-0.1, -0.05) is 0 Å². The molecule has 0 spiro atoms. The van der Waals surface area contributed by atoms with Crippen LogP contribution < -0.4 is 5.32 Å². The number of hydrogen-bond donors (Lipinski definition) is 1. The minimum Gasteiger partial charge on any atom is -0.349 e. The zero-order valence-electron chi connectivity index (χ0n) is 14.4. The summed E-state index contributed by atoms with van der Waals surface area (Å²) in [6.07, 6.45) is -0.788. The highest BCUT2D eigenvalue weighted by molar-refractivity contribution is 5.95. The molecule has 0 saturated carbocycles. The smallest absolute Gasteiger partial charge is 0.349 e. The van der Waals surface area contributed by atoms with Crippen LogP contribution in [0.15, 0.2) is 18.5 Å². The number of nitrogens with one attached hydrogen (secondary N) is 1. The number of nitrogens with zero attached hydrogens (tertiary/aromatic N) is 3. The summed E-state index contributed by atoms with van der Waals surface area (Å²) < 4.78 is 39.1. The van der Waals surface area contributed by atoms with Crippen molar-refractivity contribution in [2.24, 2.45) is 0 Å². The molecule has 0 aromatic carbocycles. The molecule has 6 nitrogen and oxygen atoms in total. The first kappa shape index (κ1) is 18.6. The van der Waals surface area contributed by atoms with Crippen LogP contribution in [0.2, 0.25) is 0 Å². The quantitative estimate of drug-likeness (QED) is 0.876. The number of piperidine rings is 1. The molecule has 2 saturated heterocycles. The number of rotatable bonds is 3. The van der Waals surface area contributed by atoms with Crippen LogP contribution in [-0.4, -0.2) is 65.4 Å². The third-order valence-corrected chi connectivity index (χ3v) is 5.08. The molecule has 2 aliphatic heterocycles. The van der Waals surface area contributed by atoms with Crippen molar-refractivity contribution in [3.8, 4) is 0 Å². The Balaban J connectivity index is 1.59. The molecule has 9 heteroatoms. The minimum atomic E-state index is -4.63. The maximum Gasteiger partial charge on any atom is 0.418 e. The van der Waals surface area contributed by atoms with Gasteiger partial charge in [0.05, 0.1) is 17.2 Å². The van der Waals surface area contributed by atoms with Crippen molar-refractivity contribution in [2.45, 2.75) is 37.5 Å². The second kappa shape index (κ2) is 7.22. The van der Waals surface area contributed by atoms with Gasteiger partial charge < -0.3 is 10.2 Å². The fourth-order valence-electron chi connectivity index (χ4n) is 3.58. The van der Waals surface area contributed by atoms with Gasteiger partial charge in [-0.25, -0.2) is 0 Å². The van der Waals surface area contributed by atoms with Gasteiger partial charge in [0.1, 0.15) is 0 Å². The molecule has 142 valence electrons. The Morgan fingerprint density at radius 3 is 2.50 bits per heavy atom. The normalized spacial score (nSPS) is 22.7. The number of hydrogen-bond acceptors (Lipinski definition) is 4. The molecular weight excluding hydrogens is 349 g/mol. The van der Waals surface area contributed by atoms with Gasteiger partial charge in [-0.05, 0) is 25.3 Å². The van der Waals surface area contributed by atoms with Crippen molar-refractivity contribution in [3.05, 3.63) is 29.6 Å². The van der Waals surface area contributed by atoms with Crippen LogP contribution in [0, 0.1) is 0 Å². The summed E-state index contributed by atoms with van der Waals surface area (Å²) in [5.74, 6) is -0.631. The van der Waals surface area contributed by atoms with Crippen molar-refractivity contribution < 1.29 is 22.8 Å². The van der Waals surface area contributed by atoms with E-state index in [0.717, 1.165) is 19.0 Å². The first-order chi connectivity index (χ1) is 12.3. The van der Waals surface area contributed by atoms with E-state index >= 15 is 0 Å². The van der Waals surface area contributed by atoms with Crippen molar-refractivity contribution in [2.75, 3.05) is 26.7 Å². The summed E-state index contributed by atoms with van der Waals surface area (Å²) >= 11 is 0.